The summed E-state index contributed by atoms with van der Waals surface area (Å²) in [5.41, 5.74) is 0.511. The second-order valence-corrected chi connectivity index (χ2v) is 5.88. The molecule has 1 aromatic heterocycles. The number of hydrogen-bond donors (Lipinski definition) is 2. The zero-order chi connectivity index (χ0) is 19.1. The zero-order valence-corrected chi connectivity index (χ0v) is 14.7. The number of H-pyrrole nitrogens is 1. The average Bonchev–Trinajstić information content (AvgIpc) is 2.62. The van der Waals surface area contributed by atoms with Crippen LogP contribution in [0.1, 0.15) is 31.7 Å². The van der Waals surface area contributed by atoms with Crippen LogP contribution in [0.25, 0.3) is 0 Å². The predicted octanol–water partition coefficient (Wildman–Crippen LogP) is 1.23. The van der Waals surface area contributed by atoms with Crippen LogP contribution in [0.3, 0.4) is 0 Å². The van der Waals surface area contributed by atoms with E-state index in [4.69, 9.17) is 4.74 Å². The van der Waals surface area contributed by atoms with Gasteiger partial charge in [-0.25, -0.2) is 4.79 Å². The fraction of sp³-hybridized carbons (Fsp3) is 0.333. The number of carbonyl (C=O) groups is 2. The van der Waals surface area contributed by atoms with Crippen LogP contribution in [-0.4, -0.2) is 28.0 Å². The molecule has 8 heteroatoms. The molecule has 0 fully saturated rings. The van der Waals surface area contributed by atoms with E-state index in [1.165, 1.54) is 11.8 Å². The molecule has 2 rings (SSSR count). The third-order valence-electron chi connectivity index (χ3n) is 3.94. The molecule has 0 aliphatic carbocycles. The van der Waals surface area contributed by atoms with Crippen molar-refractivity contribution in [2.45, 2.75) is 32.7 Å². The van der Waals surface area contributed by atoms with Gasteiger partial charge in [-0.1, -0.05) is 26.0 Å². The number of benzene rings is 1. The summed E-state index contributed by atoms with van der Waals surface area (Å²) in [5.74, 6) is -0.804. The molecule has 0 saturated carbocycles. The van der Waals surface area contributed by atoms with Gasteiger partial charge in [0.05, 0.1) is 0 Å². The SMILES string of the molecule is CC[C@H](C)c1ccc(NC(=O)COC(=O)Cn2ccc(=O)[nH]c2=O)cc1. The number of anilines is 1. The topological polar surface area (TPSA) is 110 Å². The van der Waals surface area contributed by atoms with E-state index in [0.717, 1.165) is 17.1 Å². The van der Waals surface area contributed by atoms with Crippen LogP contribution in [0.2, 0.25) is 0 Å². The Morgan fingerprint density at radius 3 is 2.50 bits per heavy atom. The molecule has 8 nitrogen and oxygen atoms in total. The zero-order valence-electron chi connectivity index (χ0n) is 14.7. The Labute approximate surface area is 149 Å². The standard InChI is InChI=1S/C18H21N3O5/c1-3-12(2)13-4-6-14(7-5-13)19-16(23)11-26-17(24)10-21-9-8-15(22)20-18(21)25/h4-9,12H,3,10-11H2,1-2H3,(H,19,23)(H,20,22,25)/t12-/m0/s1. The smallest absolute Gasteiger partial charge is 0.328 e. The Morgan fingerprint density at radius 2 is 1.88 bits per heavy atom. The highest BCUT2D eigenvalue weighted by Crippen LogP contribution is 2.20. The maximum Gasteiger partial charge on any atom is 0.328 e. The van der Waals surface area contributed by atoms with Crippen LogP contribution in [0, 0.1) is 0 Å². The van der Waals surface area contributed by atoms with Crippen molar-refractivity contribution in [3.05, 3.63) is 62.9 Å². The van der Waals surface area contributed by atoms with Gasteiger partial charge >= 0.3 is 11.7 Å². The molecule has 0 unspecified atom stereocenters. The van der Waals surface area contributed by atoms with Gasteiger partial charge in [-0.15, -0.1) is 0 Å². The van der Waals surface area contributed by atoms with Crippen molar-refractivity contribution in [1.82, 2.24) is 9.55 Å². The Balaban J connectivity index is 1.83. The minimum Gasteiger partial charge on any atom is -0.454 e. The van der Waals surface area contributed by atoms with E-state index in [9.17, 15) is 19.2 Å². The van der Waals surface area contributed by atoms with Crippen molar-refractivity contribution >= 4 is 17.6 Å². The van der Waals surface area contributed by atoms with Gasteiger partial charge in [-0.05, 0) is 30.0 Å². The van der Waals surface area contributed by atoms with Crippen molar-refractivity contribution in [3.63, 3.8) is 0 Å². The number of rotatable bonds is 7. The van der Waals surface area contributed by atoms with E-state index in [1.807, 2.05) is 17.1 Å². The molecule has 0 aliphatic heterocycles. The summed E-state index contributed by atoms with van der Waals surface area (Å²) in [4.78, 5) is 48.0. The molecular weight excluding hydrogens is 338 g/mol. The number of esters is 1. The average molecular weight is 359 g/mol. The molecule has 138 valence electrons. The van der Waals surface area contributed by atoms with Crippen molar-refractivity contribution in [3.8, 4) is 0 Å². The van der Waals surface area contributed by atoms with Crippen molar-refractivity contribution in [2.24, 2.45) is 0 Å². The van der Waals surface area contributed by atoms with Crippen LogP contribution >= 0.6 is 0 Å². The first-order valence-corrected chi connectivity index (χ1v) is 8.24. The number of aromatic nitrogens is 2. The van der Waals surface area contributed by atoms with Gasteiger partial charge in [0.25, 0.3) is 11.5 Å². The highest BCUT2D eigenvalue weighted by Gasteiger charge is 2.10. The highest BCUT2D eigenvalue weighted by atomic mass is 16.5. The van der Waals surface area contributed by atoms with Gasteiger partial charge in [0.1, 0.15) is 6.54 Å². The van der Waals surface area contributed by atoms with Crippen molar-refractivity contribution < 1.29 is 14.3 Å². The van der Waals surface area contributed by atoms with E-state index < -0.39 is 36.3 Å². The molecule has 1 amide bonds. The van der Waals surface area contributed by atoms with Crippen LogP contribution in [0.15, 0.2) is 46.1 Å². The van der Waals surface area contributed by atoms with Gasteiger partial charge in [-0.2, -0.15) is 0 Å². The van der Waals surface area contributed by atoms with Crippen LogP contribution < -0.4 is 16.6 Å². The molecule has 1 atom stereocenters. The first kappa shape index (κ1) is 19.2. The van der Waals surface area contributed by atoms with Gasteiger partial charge in [0.15, 0.2) is 6.61 Å². The van der Waals surface area contributed by atoms with E-state index in [1.54, 1.807) is 12.1 Å². The van der Waals surface area contributed by atoms with Crippen LogP contribution in [-0.2, 0) is 20.9 Å². The van der Waals surface area contributed by atoms with E-state index in [0.29, 0.717) is 11.6 Å². The molecule has 0 aliphatic rings. The molecule has 26 heavy (non-hydrogen) atoms. The first-order valence-electron chi connectivity index (χ1n) is 8.24. The monoisotopic (exact) mass is 359 g/mol. The Kier molecular flexibility index (Phi) is 6.48. The molecule has 2 aromatic rings. The number of hydrogen-bond acceptors (Lipinski definition) is 5. The lowest BCUT2D eigenvalue weighted by Crippen LogP contribution is -2.32. The van der Waals surface area contributed by atoms with Crippen molar-refractivity contribution in [1.29, 1.82) is 0 Å². The largest absolute Gasteiger partial charge is 0.454 e. The van der Waals surface area contributed by atoms with Crippen LogP contribution in [0.5, 0.6) is 0 Å². The molecule has 1 heterocycles. The second-order valence-electron chi connectivity index (χ2n) is 5.88. The molecule has 0 saturated heterocycles. The number of nitrogens with one attached hydrogen (secondary N) is 2. The minimum atomic E-state index is -0.763. The number of ether oxygens (including phenoxy) is 1. The molecular formula is C18H21N3O5. The fourth-order valence-corrected chi connectivity index (χ4v) is 2.23. The van der Waals surface area contributed by atoms with Gasteiger partial charge < -0.3 is 10.1 Å². The summed E-state index contributed by atoms with van der Waals surface area (Å²) in [6.07, 6.45) is 2.21. The maximum atomic E-state index is 11.9. The molecule has 0 spiro atoms. The Bertz CT molecular complexity index is 883. The highest BCUT2D eigenvalue weighted by molar-refractivity contribution is 5.92. The lowest BCUT2D eigenvalue weighted by Gasteiger charge is -2.11. The summed E-state index contributed by atoms with van der Waals surface area (Å²) in [7, 11) is 0. The van der Waals surface area contributed by atoms with Gasteiger partial charge in [-0.3, -0.25) is 23.9 Å². The van der Waals surface area contributed by atoms with Crippen molar-refractivity contribution in [2.75, 3.05) is 11.9 Å². The normalized spacial score (nSPS) is 11.6. The van der Waals surface area contributed by atoms with E-state index in [-0.39, 0.29) is 0 Å². The molecule has 2 N–H and O–H groups in total. The summed E-state index contributed by atoms with van der Waals surface area (Å²) >= 11 is 0. The third kappa shape index (κ3) is 5.44. The maximum absolute atomic E-state index is 11.9. The number of nitrogens with zero attached hydrogens (tertiary/aromatic N) is 1. The second kappa shape index (κ2) is 8.80. The summed E-state index contributed by atoms with van der Waals surface area (Å²) < 4.78 is 5.82. The van der Waals surface area contributed by atoms with Gasteiger partial charge in [0.2, 0.25) is 0 Å². The Morgan fingerprint density at radius 1 is 1.19 bits per heavy atom. The first-order chi connectivity index (χ1) is 12.4. The summed E-state index contributed by atoms with van der Waals surface area (Å²) in [5, 5.41) is 2.63. The van der Waals surface area contributed by atoms with E-state index in [2.05, 4.69) is 19.2 Å². The van der Waals surface area contributed by atoms with E-state index >= 15 is 0 Å². The summed E-state index contributed by atoms with van der Waals surface area (Å²) in [6, 6.07) is 8.59. The fourth-order valence-electron chi connectivity index (χ4n) is 2.23. The van der Waals surface area contributed by atoms with Gasteiger partial charge in [0, 0.05) is 18.0 Å². The predicted molar refractivity (Wildman–Crippen MR) is 96.1 cm³/mol. The molecule has 0 bridgehead atoms. The quantitative estimate of drug-likeness (QED) is 0.723. The summed E-state index contributed by atoms with van der Waals surface area (Å²) in [6.45, 7) is 3.37. The number of carbonyl (C=O) groups excluding carboxylic acids is 2. The van der Waals surface area contributed by atoms with Crippen LogP contribution in [0.4, 0.5) is 5.69 Å². The number of amides is 1. The lowest BCUT2D eigenvalue weighted by atomic mass is 9.99. The lowest BCUT2D eigenvalue weighted by molar-refractivity contribution is -0.148. The molecule has 1 aromatic carbocycles. The minimum absolute atomic E-state index is 0.396. The Hall–Kier alpha value is -3.16. The molecule has 0 radical (unpaired) electrons. The number of aromatic amines is 1. The third-order valence-corrected chi connectivity index (χ3v) is 3.94.